The molecule has 0 unspecified atom stereocenters. The van der Waals surface area contributed by atoms with E-state index in [1.54, 1.807) is 4.52 Å². The Morgan fingerprint density at radius 3 is 2.52 bits per heavy atom. The fourth-order valence-electron chi connectivity index (χ4n) is 4.29. The third-order valence-electron chi connectivity index (χ3n) is 6.07. The van der Waals surface area contributed by atoms with E-state index in [9.17, 15) is 9.59 Å². The number of carbonyl (C=O) groups excluding carboxylic acids is 2. The minimum Gasteiger partial charge on any atom is -0.353 e. The SMILES string of the molecule is Cc1cc(N2CCN(C(=O)CCC(=O)N3CCC(c4ccccc4)=N3)CC2)n2ncnc2n1. The van der Waals surface area contributed by atoms with Crippen molar-refractivity contribution >= 4 is 29.1 Å². The van der Waals surface area contributed by atoms with Gasteiger partial charge in [0, 0.05) is 57.2 Å². The first-order chi connectivity index (χ1) is 16.1. The van der Waals surface area contributed by atoms with Gasteiger partial charge >= 0.3 is 0 Å². The highest BCUT2D eigenvalue weighted by molar-refractivity contribution is 6.02. The molecule has 170 valence electrons. The lowest BCUT2D eigenvalue weighted by molar-refractivity contribution is -0.137. The maximum Gasteiger partial charge on any atom is 0.254 e. The Morgan fingerprint density at radius 2 is 1.73 bits per heavy atom. The van der Waals surface area contributed by atoms with Crippen molar-refractivity contribution in [3.63, 3.8) is 0 Å². The molecule has 0 aliphatic carbocycles. The van der Waals surface area contributed by atoms with Gasteiger partial charge in [-0.15, -0.1) is 0 Å². The molecule has 4 heterocycles. The third kappa shape index (κ3) is 4.41. The maximum atomic E-state index is 12.7. The van der Waals surface area contributed by atoms with Crippen LogP contribution in [0.1, 0.15) is 30.5 Å². The molecule has 0 bridgehead atoms. The maximum absolute atomic E-state index is 12.7. The van der Waals surface area contributed by atoms with Crippen molar-refractivity contribution in [3.8, 4) is 0 Å². The van der Waals surface area contributed by atoms with Crippen molar-refractivity contribution in [1.82, 2.24) is 29.5 Å². The third-order valence-corrected chi connectivity index (χ3v) is 6.07. The number of hydrogen-bond donors (Lipinski definition) is 0. The van der Waals surface area contributed by atoms with E-state index in [-0.39, 0.29) is 24.7 Å². The highest BCUT2D eigenvalue weighted by Gasteiger charge is 2.26. The van der Waals surface area contributed by atoms with Crippen molar-refractivity contribution in [2.45, 2.75) is 26.2 Å². The van der Waals surface area contributed by atoms with E-state index < -0.39 is 0 Å². The lowest BCUT2D eigenvalue weighted by Crippen LogP contribution is -2.49. The number of carbonyl (C=O) groups is 2. The first-order valence-corrected chi connectivity index (χ1v) is 11.2. The summed E-state index contributed by atoms with van der Waals surface area (Å²) in [5, 5.41) is 10.2. The molecule has 0 radical (unpaired) electrons. The Bertz CT molecular complexity index is 1200. The average molecular weight is 447 g/mol. The monoisotopic (exact) mass is 446 g/mol. The second kappa shape index (κ2) is 8.97. The van der Waals surface area contributed by atoms with Crippen molar-refractivity contribution in [2.75, 3.05) is 37.6 Å². The average Bonchev–Trinajstić information content (AvgIpc) is 3.52. The van der Waals surface area contributed by atoms with Gasteiger partial charge in [-0.25, -0.2) is 9.99 Å². The number of hydrazone groups is 1. The largest absolute Gasteiger partial charge is 0.353 e. The van der Waals surface area contributed by atoms with Gasteiger partial charge in [0.25, 0.3) is 5.78 Å². The van der Waals surface area contributed by atoms with E-state index in [0.29, 0.717) is 38.5 Å². The van der Waals surface area contributed by atoms with E-state index in [0.717, 1.165) is 29.2 Å². The van der Waals surface area contributed by atoms with Gasteiger partial charge < -0.3 is 9.80 Å². The molecular weight excluding hydrogens is 420 g/mol. The number of benzene rings is 1. The van der Waals surface area contributed by atoms with Gasteiger partial charge in [-0.05, 0) is 12.5 Å². The molecule has 2 aliphatic heterocycles. The molecule has 1 aromatic carbocycles. The Kier molecular flexibility index (Phi) is 5.72. The van der Waals surface area contributed by atoms with Crippen LogP contribution in [0.25, 0.3) is 5.78 Å². The summed E-state index contributed by atoms with van der Waals surface area (Å²) >= 11 is 0. The van der Waals surface area contributed by atoms with Gasteiger partial charge in [0.15, 0.2) is 0 Å². The number of amides is 2. The molecule has 10 nitrogen and oxygen atoms in total. The van der Waals surface area contributed by atoms with E-state index in [2.05, 4.69) is 25.1 Å². The molecular formula is C23H26N8O2. The lowest BCUT2D eigenvalue weighted by atomic mass is 10.1. The molecule has 2 amide bonds. The van der Waals surface area contributed by atoms with Gasteiger partial charge in [-0.2, -0.15) is 19.7 Å². The molecule has 2 aliphatic rings. The molecule has 0 atom stereocenters. The molecule has 0 saturated carbocycles. The molecule has 3 aromatic rings. The topological polar surface area (TPSA) is 99.3 Å². The normalized spacial score (nSPS) is 16.4. The van der Waals surface area contributed by atoms with Crippen LogP contribution in [-0.2, 0) is 9.59 Å². The number of aromatic nitrogens is 4. The number of piperazine rings is 1. The fraction of sp³-hybridized carbons (Fsp3) is 0.391. The minimum atomic E-state index is -0.103. The Labute approximate surface area is 191 Å². The summed E-state index contributed by atoms with van der Waals surface area (Å²) in [5.41, 5.74) is 2.83. The minimum absolute atomic E-state index is 0.00581. The van der Waals surface area contributed by atoms with E-state index in [1.807, 2.05) is 48.2 Å². The van der Waals surface area contributed by atoms with Crippen molar-refractivity contribution < 1.29 is 9.59 Å². The molecule has 5 rings (SSSR count). The van der Waals surface area contributed by atoms with E-state index >= 15 is 0 Å². The molecule has 33 heavy (non-hydrogen) atoms. The van der Waals surface area contributed by atoms with Crippen LogP contribution in [0, 0.1) is 6.92 Å². The van der Waals surface area contributed by atoms with Crippen LogP contribution >= 0.6 is 0 Å². The Balaban J connectivity index is 1.13. The second-order valence-electron chi connectivity index (χ2n) is 8.27. The predicted octanol–water partition coefficient (Wildman–Crippen LogP) is 1.50. The first-order valence-electron chi connectivity index (χ1n) is 11.2. The van der Waals surface area contributed by atoms with Gasteiger partial charge in [-0.3, -0.25) is 9.59 Å². The molecule has 1 saturated heterocycles. The van der Waals surface area contributed by atoms with Crippen LogP contribution in [0.3, 0.4) is 0 Å². The predicted molar refractivity (Wildman–Crippen MR) is 123 cm³/mol. The highest BCUT2D eigenvalue weighted by Crippen LogP contribution is 2.19. The molecule has 0 N–H and O–H groups in total. The molecule has 10 heteroatoms. The quantitative estimate of drug-likeness (QED) is 0.589. The summed E-state index contributed by atoms with van der Waals surface area (Å²) in [7, 11) is 0. The molecule has 1 fully saturated rings. The van der Waals surface area contributed by atoms with Gasteiger partial charge in [-0.1, -0.05) is 30.3 Å². The first kappa shape index (κ1) is 21.0. The van der Waals surface area contributed by atoms with Gasteiger partial charge in [0.2, 0.25) is 11.8 Å². The van der Waals surface area contributed by atoms with Crippen molar-refractivity contribution in [3.05, 3.63) is 54.0 Å². The van der Waals surface area contributed by atoms with Gasteiger partial charge in [0.1, 0.15) is 12.1 Å². The van der Waals surface area contributed by atoms with Crippen LogP contribution in [0.5, 0.6) is 0 Å². The molecule has 0 spiro atoms. The number of rotatable bonds is 5. The molecule has 2 aromatic heterocycles. The fourth-order valence-corrected chi connectivity index (χ4v) is 4.29. The summed E-state index contributed by atoms with van der Waals surface area (Å²) in [4.78, 5) is 37.9. The zero-order chi connectivity index (χ0) is 22.8. The van der Waals surface area contributed by atoms with Crippen LogP contribution in [0.2, 0.25) is 0 Å². The zero-order valence-electron chi connectivity index (χ0n) is 18.6. The summed E-state index contributed by atoms with van der Waals surface area (Å²) in [5.74, 6) is 1.40. The van der Waals surface area contributed by atoms with Crippen molar-refractivity contribution in [2.24, 2.45) is 5.10 Å². The summed E-state index contributed by atoms with van der Waals surface area (Å²) in [6, 6.07) is 11.9. The standard InChI is InChI=1S/C23H26N8O2/c1-17-15-20(31-23(26-17)24-16-25-31)28-11-13-29(14-12-28)21(32)7-8-22(33)30-10-9-19(27-30)18-5-3-2-4-6-18/h2-6,15-16H,7-14H2,1H3. The van der Waals surface area contributed by atoms with E-state index in [1.165, 1.54) is 11.3 Å². The smallest absolute Gasteiger partial charge is 0.254 e. The van der Waals surface area contributed by atoms with Crippen LogP contribution < -0.4 is 4.90 Å². The zero-order valence-corrected chi connectivity index (χ0v) is 18.6. The lowest BCUT2D eigenvalue weighted by Gasteiger charge is -2.36. The van der Waals surface area contributed by atoms with Crippen LogP contribution in [0.15, 0.2) is 47.8 Å². The van der Waals surface area contributed by atoms with Gasteiger partial charge in [0.05, 0.1) is 12.3 Å². The Hall–Kier alpha value is -3.82. The number of fused-ring (bicyclic) bond motifs is 1. The van der Waals surface area contributed by atoms with Crippen LogP contribution in [0.4, 0.5) is 5.82 Å². The number of nitrogens with zero attached hydrogens (tertiary/aromatic N) is 8. The summed E-state index contributed by atoms with van der Waals surface area (Å²) in [6.07, 6.45) is 2.61. The summed E-state index contributed by atoms with van der Waals surface area (Å²) in [6.45, 7) is 5.08. The number of anilines is 1. The van der Waals surface area contributed by atoms with E-state index in [4.69, 9.17) is 0 Å². The highest BCUT2D eigenvalue weighted by atomic mass is 16.2. The Morgan fingerprint density at radius 1 is 0.970 bits per heavy atom. The second-order valence-corrected chi connectivity index (χ2v) is 8.27. The van der Waals surface area contributed by atoms with Crippen LogP contribution in [-0.4, -0.2) is 79.7 Å². The number of hydrogen-bond acceptors (Lipinski definition) is 7. The number of aryl methyl sites for hydroxylation is 1. The summed E-state index contributed by atoms with van der Waals surface area (Å²) < 4.78 is 1.73. The van der Waals surface area contributed by atoms with Crippen molar-refractivity contribution in [1.29, 1.82) is 0 Å².